The van der Waals surface area contributed by atoms with Gasteiger partial charge in [0.1, 0.15) is 6.04 Å². The topological polar surface area (TPSA) is 71.1 Å². The van der Waals surface area contributed by atoms with Crippen LogP contribution in [0.2, 0.25) is 0 Å². The van der Waals surface area contributed by atoms with Gasteiger partial charge in [-0.15, -0.1) is 11.3 Å². The Hall–Kier alpha value is -1.73. The number of aromatic nitrogens is 1. The number of nitrogens with one attached hydrogen (secondary N) is 2. The monoisotopic (exact) mass is 421 g/mol. The number of carbonyl (C=O) groups is 2. The Morgan fingerprint density at radius 3 is 2.68 bits per heavy atom. The molecule has 1 atom stereocenters. The molecule has 0 saturated heterocycles. The number of benzene rings is 1. The van der Waals surface area contributed by atoms with Gasteiger partial charge in [-0.1, -0.05) is 26.0 Å². The highest BCUT2D eigenvalue weighted by atomic mass is 79.9. The summed E-state index contributed by atoms with van der Waals surface area (Å²) < 4.78 is 0.701. The van der Waals surface area contributed by atoms with E-state index in [-0.39, 0.29) is 17.7 Å². The largest absolute Gasteiger partial charge is 0.340 e. The molecule has 0 aliphatic heterocycles. The Morgan fingerprint density at radius 1 is 1.24 bits per heavy atom. The van der Waals surface area contributed by atoms with Crippen molar-refractivity contribution in [3.63, 3.8) is 0 Å². The Balaban J connectivity index is 1.70. The predicted molar refractivity (Wildman–Crippen MR) is 103 cm³/mol. The van der Waals surface area contributed by atoms with Crippen molar-refractivity contribution in [3.05, 3.63) is 44.9 Å². The lowest BCUT2D eigenvalue weighted by molar-refractivity contribution is -0.118. The number of carbonyl (C=O) groups excluding carboxylic acids is 2. The van der Waals surface area contributed by atoms with Crippen LogP contribution in [0.5, 0.6) is 0 Å². The number of amides is 2. The first-order chi connectivity index (χ1) is 12.0. The van der Waals surface area contributed by atoms with Crippen LogP contribution in [0.15, 0.2) is 28.7 Å². The summed E-state index contributed by atoms with van der Waals surface area (Å²) in [4.78, 5) is 30.9. The predicted octanol–water partition coefficient (Wildman–Crippen LogP) is 3.79. The van der Waals surface area contributed by atoms with Crippen LogP contribution in [0.25, 0.3) is 0 Å². The van der Waals surface area contributed by atoms with Gasteiger partial charge < -0.3 is 10.6 Å². The van der Waals surface area contributed by atoms with E-state index in [4.69, 9.17) is 0 Å². The lowest BCUT2D eigenvalue weighted by Crippen LogP contribution is -2.47. The Morgan fingerprint density at radius 2 is 2.00 bits per heavy atom. The van der Waals surface area contributed by atoms with E-state index in [0.717, 1.165) is 25.0 Å². The lowest BCUT2D eigenvalue weighted by Gasteiger charge is -2.21. The first-order valence-electron chi connectivity index (χ1n) is 8.30. The number of nitrogens with zero attached hydrogens (tertiary/aromatic N) is 1. The maximum Gasteiger partial charge on any atom is 0.253 e. The van der Waals surface area contributed by atoms with E-state index in [1.54, 1.807) is 18.2 Å². The van der Waals surface area contributed by atoms with Crippen molar-refractivity contribution >= 4 is 44.2 Å². The minimum atomic E-state index is -0.627. The fourth-order valence-electron chi connectivity index (χ4n) is 2.83. The smallest absolute Gasteiger partial charge is 0.253 e. The number of rotatable bonds is 5. The normalized spacial score (nSPS) is 14.2. The van der Waals surface area contributed by atoms with Crippen molar-refractivity contribution in [2.75, 3.05) is 5.32 Å². The minimum absolute atomic E-state index is 0.0433. The molecule has 3 rings (SSSR count). The van der Waals surface area contributed by atoms with Crippen LogP contribution in [0.1, 0.15) is 41.2 Å². The Kier molecular flexibility index (Phi) is 5.54. The molecule has 5 nitrogen and oxygen atoms in total. The van der Waals surface area contributed by atoms with Gasteiger partial charge in [0.2, 0.25) is 5.91 Å². The summed E-state index contributed by atoms with van der Waals surface area (Å²) >= 11 is 4.90. The van der Waals surface area contributed by atoms with Crippen LogP contribution in [0, 0.1) is 5.92 Å². The fourth-order valence-corrected chi connectivity index (χ4v) is 4.34. The molecule has 1 unspecified atom stereocenters. The van der Waals surface area contributed by atoms with Crippen molar-refractivity contribution < 1.29 is 9.59 Å². The molecule has 2 N–H and O–H groups in total. The van der Waals surface area contributed by atoms with E-state index in [0.29, 0.717) is 15.2 Å². The van der Waals surface area contributed by atoms with Crippen LogP contribution in [-0.2, 0) is 17.6 Å². The average Bonchev–Trinajstić information content (AvgIpc) is 3.13. The van der Waals surface area contributed by atoms with E-state index in [1.165, 1.54) is 16.2 Å². The molecule has 0 radical (unpaired) electrons. The molecule has 2 amide bonds. The zero-order valence-corrected chi connectivity index (χ0v) is 16.5. The van der Waals surface area contributed by atoms with Crippen LogP contribution in [0.3, 0.4) is 0 Å². The van der Waals surface area contributed by atoms with Gasteiger partial charge in [-0.05, 0) is 53.2 Å². The van der Waals surface area contributed by atoms with Crippen LogP contribution in [0.4, 0.5) is 5.13 Å². The Labute approximate surface area is 159 Å². The minimum Gasteiger partial charge on any atom is -0.340 e. The van der Waals surface area contributed by atoms with Gasteiger partial charge in [0.05, 0.1) is 11.3 Å². The fraction of sp³-hybridized carbons (Fsp3) is 0.389. The summed E-state index contributed by atoms with van der Waals surface area (Å²) in [5.41, 5.74) is 1.60. The zero-order chi connectivity index (χ0) is 18.0. The van der Waals surface area contributed by atoms with E-state index in [2.05, 4.69) is 31.5 Å². The van der Waals surface area contributed by atoms with E-state index >= 15 is 0 Å². The molecule has 0 spiro atoms. The Bertz CT molecular complexity index is 782. The number of halogens is 1. The molecule has 0 bridgehead atoms. The highest BCUT2D eigenvalue weighted by Gasteiger charge is 2.27. The standard InChI is InChI=1S/C18H20BrN3O2S/c1-10(2)15(21-16(23)11-6-3-4-7-12(11)19)17(24)22-18-20-13-8-5-9-14(13)25-18/h3-4,6-7,10,15H,5,8-9H2,1-2H3,(H,21,23)(H,20,22,24). The van der Waals surface area contributed by atoms with Gasteiger partial charge in [-0.2, -0.15) is 0 Å². The molecule has 1 heterocycles. The number of hydrogen-bond donors (Lipinski definition) is 2. The summed E-state index contributed by atoms with van der Waals surface area (Å²) in [6.07, 6.45) is 3.16. The van der Waals surface area contributed by atoms with E-state index in [9.17, 15) is 9.59 Å². The number of hydrogen-bond acceptors (Lipinski definition) is 4. The SMILES string of the molecule is CC(C)C(NC(=O)c1ccccc1Br)C(=O)Nc1nc2c(s1)CCC2. The summed E-state index contributed by atoms with van der Waals surface area (Å²) in [5, 5.41) is 6.33. The number of thiazole rings is 1. The zero-order valence-electron chi connectivity index (χ0n) is 14.1. The highest BCUT2D eigenvalue weighted by molar-refractivity contribution is 9.10. The lowest BCUT2D eigenvalue weighted by atomic mass is 10.0. The van der Waals surface area contributed by atoms with E-state index in [1.807, 2.05) is 19.9 Å². The van der Waals surface area contributed by atoms with Crippen molar-refractivity contribution in [2.45, 2.75) is 39.2 Å². The number of fused-ring (bicyclic) bond motifs is 1. The second-order valence-corrected chi connectivity index (χ2v) is 8.34. The van der Waals surface area contributed by atoms with Crippen molar-refractivity contribution in [1.82, 2.24) is 10.3 Å². The molecule has 1 aliphatic rings. The molecule has 0 fully saturated rings. The molecular weight excluding hydrogens is 402 g/mol. The second-order valence-electron chi connectivity index (χ2n) is 6.41. The molecule has 1 aliphatic carbocycles. The third-order valence-electron chi connectivity index (χ3n) is 4.18. The summed E-state index contributed by atoms with van der Waals surface area (Å²) in [5.74, 6) is -0.552. The quantitative estimate of drug-likeness (QED) is 0.771. The third kappa shape index (κ3) is 4.10. The van der Waals surface area contributed by atoms with Gasteiger partial charge in [0, 0.05) is 9.35 Å². The molecular formula is C18H20BrN3O2S. The molecule has 132 valence electrons. The van der Waals surface area contributed by atoms with Gasteiger partial charge >= 0.3 is 0 Å². The maximum atomic E-state index is 12.7. The first-order valence-corrected chi connectivity index (χ1v) is 9.91. The van der Waals surface area contributed by atoms with Crippen LogP contribution < -0.4 is 10.6 Å². The van der Waals surface area contributed by atoms with Crippen molar-refractivity contribution in [2.24, 2.45) is 5.92 Å². The second kappa shape index (κ2) is 7.66. The van der Waals surface area contributed by atoms with Crippen LogP contribution in [-0.4, -0.2) is 22.8 Å². The molecule has 25 heavy (non-hydrogen) atoms. The number of anilines is 1. The van der Waals surface area contributed by atoms with Gasteiger partial charge in [0.15, 0.2) is 5.13 Å². The third-order valence-corrected chi connectivity index (χ3v) is 5.94. The van der Waals surface area contributed by atoms with Crippen molar-refractivity contribution in [1.29, 1.82) is 0 Å². The number of aryl methyl sites for hydroxylation is 2. The highest BCUT2D eigenvalue weighted by Crippen LogP contribution is 2.30. The van der Waals surface area contributed by atoms with Gasteiger partial charge in [-0.3, -0.25) is 9.59 Å². The van der Waals surface area contributed by atoms with Gasteiger partial charge in [-0.25, -0.2) is 4.98 Å². The van der Waals surface area contributed by atoms with Crippen molar-refractivity contribution in [3.8, 4) is 0 Å². The summed E-state index contributed by atoms with van der Waals surface area (Å²) in [6.45, 7) is 3.82. The molecule has 2 aromatic rings. The first kappa shape index (κ1) is 18.1. The van der Waals surface area contributed by atoms with Crippen LogP contribution >= 0.6 is 27.3 Å². The summed E-state index contributed by atoms with van der Waals surface area (Å²) in [7, 11) is 0. The molecule has 0 saturated carbocycles. The molecule has 7 heteroatoms. The molecule has 1 aromatic carbocycles. The summed E-state index contributed by atoms with van der Waals surface area (Å²) in [6, 6.07) is 6.53. The average molecular weight is 422 g/mol. The molecule has 1 aromatic heterocycles. The maximum absolute atomic E-state index is 12.7. The van der Waals surface area contributed by atoms with Gasteiger partial charge in [0.25, 0.3) is 5.91 Å². The van der Waals surface area contributed by atoms with E-state index < -0.39 is 6.04 Å².